The third-order valence-electron chi connectivity index (χ3n) is 7.82. The fourth-order valence-electron chi connectivity index (χ4n) is 5.97. The van der Waals surface area contributed by atoms with Gasteiger partial charge >= 0.3 is 0 Å². The van der Waals surface area contributed by atoms with Gasteiger partial charge in [-0.15, -0.1) is 0 Å². The summed E-state index contributed by atoms with van der Waals surface area (Å²) in [6.07, 6.45) is 6.33. The number of aryl methyl sites for hydroxylation is 1. The summed E-state index contributed by atoms with van der Waals surface area (Å²) in [5, 5.41) is 15.2. The molecule has 1 aromatic heterocycles. The normalized spacial score (nSPS) is 17.6. The second kappa shape index (κ2) is 8.37. The van der Waals surface area contributed by atoms with E-state index in [1.807, 2.05) is 6.92 Å². The lowest BCUT2D eigenvalue weighted by Crippen LogP contribution is -2.20. The van der Waals surface area contributed by atoms with Crippen molar-refractivity contribution >= 4 is 27.5 Å². The molecule has 3 aromatic carbocycles. The van der Waals surface area contributed by atoms with E-state index in [1.54, 1.807) is 0 Å². The SMILES string of the molecule is CCCCCCC1(C)c2ccccc2-c2cc3c4cc(/C(C)=N\O)ccc4n(CC)c3cc21. The molecule has 3 nitrogen and oxygen atoms in total. The van der Waals surface area contributed by atoms with Gasteiger partial charge in [-0.25, -0.2) is 0 Å². The Morgan fingerprint density at radius 3 is 2.42 bits per heavy atom. The lowest BCUT2D eigenvalue weighted by molar-refractivity contribution is 0.319. The Balaban J connectivity index is 1.76. The van der Waals surface area contributed by atoms with Crippen LogP contribution in [-0.4, -0.2) is 15.5 Å². The standard InChI is InChI=1S/C30H34N2O/c1-5-7-8-11-16-30(4)26-13-10-9-12-22(26)23-18-25-24-17-21(20(3)31-33)14-15-28(24)32(6-2)29(25)19-27(23)30/h9-10,12-15,17-19,33H,5-8,11,16H2,1-4H3/b31-20-. The molecule has 0 spiro atoms. The summed E-state index contributed by atoms with van der Waals surface area (Å²) in [6, 6.07) is 20.3. The van der Waals surface area contributed by atoms with Gasteiger partial charge in [0.1, 0.15) is 0 Å². The maximum absolute atomic E-state index is 9.31. The van der Waals surface area contributed by atoms with Crippen LogP contribution in [0.4, 0.5) is 0 Å². The number of hydrogen-bond donors (Lipinski definition) is 1. The lowest BCUT2D eigenvalue weighted by Gasteiger charge is -2.28. The van der Waals surface area contributed by atoms with Gasteiger partial charge in [-0.2, -0.15) is 0 Å². The van der Waals surface area contributed by atoms with E-state index >= 15 is 0 Å². The Bertz CT molecular complexity index is 1380. The molecule has 0 saturated heterocycles. The van der Waals surface area contributed by atoms with Crippen LogP contribution in [0.3, 0.4) is 0 Å². The Hall–Kier alpha value is -3.07. The Morgan fingerprint density at radius 2 is 1.67 bits per heavy atom. The molecule has 0 amide bonds. The molecule has 1 heterocycles. The number of aromatic nitrogens is 1. The molecule has 0 fully saturated rings. The molecule has 0 aliphatic heterocycles. The van der Waals surface area contributed by atoms with E-state index in [-0.39, 0.29) is 5.41 Å². The van der Waals surface area contributed by atoms with E-state index in [9.17, 15) is 5.21 Å². The molecule has 0 radical (unpaired) electrons. The second-order valence-electron chi connectivity index (χ2n) is 9.76. The predicted molar refractivity (Wildman–Crippen MR) is 140 cm³/mol. The number of oxime groups is 1. The van der Waals surface area contributed by atoms with Crippen molar-refractivity contribution in [3.63, 3.8) is 0 Å². The lowest BCUT2D eigenvalue weighted by atomic mass is 9.76. The molecule has 1 aliphatic rings. The van der Waals surface area contributed by atoms with E-state index in [0.29, 0.717) is 5.71 Å². The van der Waals surface area contributed by atoms with Crippen molar-refractivity contribution in [1.29, 1.82) is 0 Å². The Labute approximate surface area is 196 Å². The first kappa shape index (κ1) is 21.8. The molecule has 0 saturated carbocycles. The minimum atomic E-state index is 0.0498. The average Bonchev–Trinajstić information content (AvgIpc) is 3.29. The highest BCUT2D eigenvalue weighted by Gasteiger charge is 2.39. The van der Waals surface area contributed by atoms with Crippen molar-refractivity contribution in [1.82, 2.24) is 4.57 Å². The maximum atomic E-state index is 9.31. The van der Waals surface area contributed by atoms with E-state index < -0.39 is 0 Å². The topological polar surface area (TPSA) is 37.5 Å². The highest BCUT2D eigenvalue weighted by Crippen LogP contribution is 2.53. The molecule has 3 heteroatoms. The van der Waals surface area contributed by atoms with E-state index in [4.69, 9.17) is 0 Å². The van der Waals surface area contributed by atoms with Gasteiger partial charge in [0.25, 0.3) is 0 Å². The zero-order valence-electron chi connectivity index (χ0n) is 20.3. The molecule has 1 aliphatic carbocycles. The summed E-state index contributed by atoms with van der Waals surface area (Å²) < 4.78 is 2.43. The van der Waals surface area contributed by atoms with Crippen LogP contribution in [-0.2, 0) is 12.0 Å². The van der Waals surface area contributed by atoms with E-state index in [0.717, 1.165) is 12.1 Å². The first-order chi connectivity index (χ1) is 16.0. The van der Waals surface area contributed by atoms with Crippen molar-refractivity contribution in [3.05, 3.63) is 71.3 Å². The van der Waals surface area contributed by atoms with Gasteiger partial charge in [0.2, 0.25) is 0 Å². The zero-order chi connectivity index (χ0) is 23.2. The molecule has 1 unspecified atom stereocenters. The first-order valence-electron chi connectivity index (χ1n) is 12.4. The van der Waals surface area contributed by atoms with Crippen molar-refractivity contribution < 1.29 is 5.21 Å². The average molecular weight is 439 g/mol. The molecule has 1 N–H and O–H groups in total. The fourth-order valence-corrected chi connectivity index (χ4v) is 5.97. The second-order valence-corrected chi connectivity index (χ2v) is 9.76. The summed E-state index contributed by atoms with van der Waals surface area (Å²) in [5.74, 6) is 0. The Morgan fingerprint density at radius 1 is 0.879 bits per heavy atom. The van der Waals surface area contributed by atoms with E-state index in [1.165, 1.54) is 76.2 Å². The van der Waals surface area contributed by atoms with Crippen LogP contribution in [0.15, 0.2) is 59.8 Å². The summed E-state index contributed by atoms with van der Waals surface area (Å²) in [4.78, 5) is 0. The zero-order valence-corrected chi connectivity index (χ0v) is 20.3. The van der Waals surface area contributed by atoms with Crippen LogP contribution >= 0.6 is 0 Å². The van der Waals surface area contributed by atoms with Crippen molar-refractivity contribution in [2.24, 2.45) is 5.16 Å². The molecule has 5 rings (SSSR count). The van der Waals surface area contributed by atoms with Gasteiger partial charge in [0, 0.05) is 33.8 Å². The van der Waals surface area contributed by atoms with Crippen LogP contribution in [0.1, 0.15) is 76.5 Å². The number of rotatable bonds is 7. The maximum Gasteiger partial charge on any atom is 0.0837 e. The van der Waals surface area contributed by atoms with Gasteiger partial charge in [0.05, 0.1) is 5.71 Å². The third kappa shape index (κ3) is 3.28. The minimum absolute atomic E-state index is 0.0498. The minimum Gasteiger partial charge on any atom is -0.411 e. The van der Waals surface area contributed by atoms with Gasteiger partial charge in [-0.05, 0) is 72.4 Å². The van der Waals surface area contributed by atoms with Gasteiger partial charge in [0.15, 0.2) is 0 Å². The number of nitrogens with zero attached hydrogens (tertiary/aromatic N) is 2. The summed E-state index contributed by atoms with van der Waals surface area (Å²) >= 11 is 0. The van der Waals surface area contributed by atoms with Gasteiger partial charge in [-0.3, -0.25) is 0 Å². The molecule has 1 atom stereocenters. The summed E-state index contributed by atoms with van der Waals surface area (Å²) in [6.45, 7) is 9.72. The van der Waals surface area contributed by atoms with E-state index in [2.05, 4.69) is 85.1 Å². The Kier molecular flexibility index (Phi) is 5.52. The quantitative estimate of drug-likeness (QED) is 0.134. The molecule has 0 bridgehead atoms. The molecule has 170 valence electrons. The van der Waals surface area contributed by atoms with Crippen LogP contribution in [0.2, 0.25) is 0 Å². The molecular weight excluding hydrogens is 404 g/mol. The van der Waals surface area contributed by atoms with Crippen molar-refractivity contribution in [2.45, 2.75) is 71.8 Å². The molecule has 4 aromatic rings. The number of unbranched alkanes of at least 4 members (excludes halogenated alkanes) is 3. The predicted octanol–water partition coefficient (Wildman–Crippen LogP) is 8.27. The van der Waals surface area contributed by atoms with Gasteiger partial charge < -0.3 is 9.77 Å². The van der Waals surface area contributed by atoms with Crippen molar-refractivity contribution in [3.8, 4) is 11.1 Å². The number of fused-ring (bicyclic) bond motifs is 6. The smallest absolute Gasteiger partial charge is 0.0837 e. The summed E-state index contributed by atoms with van der Waals surface area (Å²) in [7, 11) is 0. The molecule has 33 heavy (non-hydrogen) atoms. The monoisotopic (exact) mass is 438 g/mol. The number of hydrogen-bond acceptors (Lipinski definition) is 2. The summed E-state index contributed by atoms with van der Waals surface area (Å²) in [5.41, 5.74) is 9.89. The van der Waals surface area contributed by atoms with Crippen LogP contribution in [0.25, 0.3) is 32.9 Å². The highest BCUT2D eigenvalue weighted by atomic mass is 16.4. The van der Waals surface area contributed by atoms with Crippen LogP contribution in [0, 0.1) is 0 Å². The fraction of sp³-hybridized carbons (Fsp3) is 0.367. The molecular formula is C30H34N2O. The van der Waals surface area contributed by atoms with Crippen LogP contribution in [0.5, 0.6) is 0 Å². The number of benzene rings is 3. The highest BCUT2D eigenvalue weighted by molar-refractivity contribution is 6.13. The first-order valence-corrected chi connectivity index (χ1v) is 12.4. The van der Waals surface area contributed by atoms with Crippen molar-refractivity contribution in [2.75, 3.05) is 0 Å². The van der Waals surface area contributed by atoms with Crippen LogP contribution < -0.4 is 0 Å². The largest absolute Gasteiger partial charge is 0.411 e. The third-order valence-corrected chi connectivity index (χ3v) is 7.82. The van der Waals surface area contributed by atoms with Gasteiger partial charge in [-0.1, -0.05) is 75.0 Å².